The van der Waals surface area contributed by atoms with E-state index in [-0.39, 0.29) is 5.91 Å². The number of carbonyl (C=O) groups excluding carboxylic acids is 2. The van der Waals surface area contributed by atoms with Crippen LogP contribution in [0.5, 0.6) is 0 Å². The van der Waals surface area contributed by atoms with Crippen LogP contribution in [0, 0.1) is 0 Å². The van der Waals surface area contributed by atoms with E-state index in [9.17, 15) is 9.59 Å². The molecule has 23 heavy (non-hydrogen) atoms. The van der Waals surface area contributed by atoms with Crippen LogP contribution in [0.4, 0.5) is 0 Å². The van der Waals surface area contributed by atoms with Crippen LogP contribution in [0.1, 0.15) is 16.1 Å². The zero-order valence-electron chi connectivity index (χ0n) is 12.3. The van der Waals surface area contributed by atoms with Crippen LogP contribution in [0.15, 0.2) is 59.1 Å². The molecule has 0 bridgehead atoms. The lowest BCUT2D eigenvalue weighted by atomic mass is 10.1. The molecule has 3 aromatic rings. The van der Waals surface area contributed by atoms with Crippen LogP contribution in [0.25, 0.3) is 10.9 Å². The average Bonchev–Trinajstić information content (AvgIpc) is 2.98. The largest absolute Gasteiger partial charge is 0.351 e. The first-order chi connectivity index (χ1) is 11.2. The van der Waals surface area contributed by atoms with Crippen LogP contribution < -0.4 is 5.32 Å². The van der Waals surface area contributed by atoms with E-state index in [2.05, 4.69) is 26.2 Å². The molecule has 0 fully saturated rings. The van der Waals surface area contributed by atoms with Gasteiger partial charge in [-0.15, -0.1) is 0 Å². The summed E-state index contributed by atoms with van der Waals surface area (Å²) in [6.07, 6.45) is 1.24. The molecule has 2 N–H and O–H groups in total. The van der Waals surface area contributed by atoms with Crippen molar-refractivity contribution in [3.8, 4) is 0 Å². The Morgan fingerprint density at radius 2 is 1.96 bits per heavy atom. The minimum absolute atomic E-state index is 0.287. The van der Waals surface area contributed by atoms with E-state index in [4.69, 9.17) is 0 Å². The highest BCUT2D eigenvalue weighted by Gasteiger charge is 2.15. The molecule has 0 spiro atoms. The first-order valence-electron chi connectivity index (χ1n) is 7.24. The molecule has 5 heteroatoms. The fourth-order valence-electron chi connectivity index (χ4n) is 2.47. The van der Waals surface area contributed by atoms with Gasteiger partial charge < -0.3 is 15.1 Å². The first kappa shape index (κ1) is 15.5. The Balaban J connectivity index is 1.74. The highest BCUT2D eigenvalue weighted by molar-refractivity contribution is 9.10. The number of hydrogen-bond donors (Lipinski definition) is 2. The van der Waals surface area contributed by atoms with Gasteiger partial charge in [-0.25, -0.2) is 0 Å². The lowest BCUT2D eigenvalue weighted by Crippen LogP contribution is -2.37. The maximum Gasteiger partial charge on any atom is 0.268 e. The number of rotatable bonds is 5. The normalized spacial score (nSPS) is 12.0. The van der Waals surface area contributed by atoms with Crippen molar-refractivity contribution in [3.63, 3.8) is 0 Å². The summed E-state index contributed by atoms with van der Waals surface area (Å²) in [4.78, 5) is 26.7. The Bertz CT molecular complexity index is 843. The number of nitrogens with one attached hydrogen (secondary N) is 2. The topological polar surface area (TPSA) is 62.0 Å². The number of carbonyl (C=O) groups is 2. The molecule has 1 aromatic heterocycles. The van der Waals surface area contributed by atoms with Crippen LogP contribution in [0.2, 0.25) is 0 Å². The van der Waals surface area contributed by atoms with E-state index < -0.39 is 6.04 Å². The van der Waals surface area contributed by atoms with Crippen molar-refractivity contribution in [3.05, 3.63) is 70.3 Å². The van der Waals surface area contributed by atoms with E-state index in [0.29, 0.717) is 12.1 Å². The van der Waals surface area contributed by atoms with E-state index >= 15 is 0 Å². The van der Waals surface area contributed by atoms with Gasteiger partial charge in [0.1, 0.15) is 12.0 Å². The van der Waals surface area contributed by atoms with Crippen molar-refractivity contribution in [2.45, 2.75) is 12.5 Å². The number of halogens is 1. The Kier molecular flexibility index (Phi) is 4.57. The third-order valence-electron chi connectivity index (χ3n) is 3.61. The molecule has 0 aliphatic carbocycles. The van der Waals surface area contributed by atoms with Crippen LogP contribution >= 0.6 is 15.9 Å². The standard InChI is InChI=1S/C18H15BrN2O2/c19-14-6-7-16-13(9-14)10-17(21-16)18(23)20-15(11-22)8-12-4-2-1-3-5-12/h1-7,9-11,15,21H,8H2,(H,20,23). The maximum atomic E-state index is 12.3. The van der Waals surface area contributed by atoms with E-state index in [1.165, 1.54) is 0 Å². The minimum Gasteiger partial charge on any atom is -0.351 e. The summed E-state index contributed by atoms with van der Waals surface area (Å²) in [6, 6.07) is 16.6. The highest BCUT2D eigenvalue weighted by Crippen LogP contribution is 2.20. The monoisotopic (exact) mass is 370 g/mol. The SMILES string of the molecule is O=CC(Cc1ccccc1)NC(=O)c1cc2cc(Br)ccc2[nH]1. The van der Waals surface area contributed by atoms with Crippen molar-refractivity contribution in [1.82, 2.24) is 10.3 Å². The number of H-pyrrole nitrogens is 1. The number of fused-ring (bicyclic) bond motifs is 1. The average molecular weight is 371 g/mol. The summed E-state index contributed by atoms with van der Waals surface area (Å²) in [5, 5.41) is 3.70. The van der Waals surface area contributed by atoms with Gasteiger partial charge in [-0.3, -0.25) is 4.79 Å². The van der Waals surface area contributed by atoms with E-state index in [1.807, 2.05) is 48.5 Å². The quantitative estimate of drug-likeness (QED) is 0.675. The second kappa shape index (κ2) is 6.79. The molecule has 1 unspecified atom stereocenters. The van der Waals surface area contributed by atoms with Gasteiger partial charge in [0.25, 0.3) is 5.91 Å². The first-order valence-corrected chi connectivity index (χ1v) is 8.03. The van der Waals surface area contributed by atoms with Gasteiger partial charge in [-0.1, -0.05) is 46.3 Å². The number of amides is 1. The van der Waals surface area contributed by atoms with Gasteiger partial charge in [-0.05, 0) is 36.2 Å². The third-order valence-corrected chi connectivity index (χ3v) is 4.10. The maximum absolute atomic E-state index is 12.3. The molecule has 0 saturated carbocycles. The van der Waals surface area contributed by atoms with Crippen molar-refractivity contribution in [2.24, 2.45) is 0 Å². The molecule has 116 valence electrons. The van der Waals surface area contributed by atoms with Crippen LogP contribution in [-0.2, 0) is 11.2 Å². The molecule has 3 rings (SSSR count). The number of aldehydes is 1. The van der Waals surface area contributed by atoms with E-state index in [1.54, 1.807) is 6.07 Å². The molecular weight excluding hydrogens is 356 g/mol. The summed E-state index contributed by atoms with van der Waals surface area (Å²) in [5.74, 6) is -0.287. The van der Waals surface area contributed by atoms with Gasteiger partial charge in [0.05, 0.1) is 6.04 Å². The zero-order valence-corrected chi connectivity index (χ0v) is 13.8. The Hall–Kier alpha value is -2.40. The Labute approximate surface area is 142 Å². The third kappa shape index (κ3) is 3.68. The second-order valence-electron chi connectivity index (χ2n) is 5.32. The van der Waals surface area contributed by atoms with Gasteiger partial charge in [0.15, 0.2) is 0 Å². The molecule has 0 aliphatic rings. The summed E-state index contributed by atoms with van der Waals surface area (Å²) in [7, 11) is 0. The Morgan fingerprint density at radius 1 is 1.17 bits per heavy atom. The predicted molar refractivity (Wildman–Crippen MR) is 93.5 cm³/mol. The molecule has 2 aromatic carbocycles. The fourth-order valence-corrected chi connectivity index (χ4v) is 2.85. The van der Waals surface area contributed by atoms with Gasteiger partial charge in [0, 0.05) is 15.4 Å². The van der Waals surface area contributed by atoms with Crippen LogP contribution in [0.3, 0.4) is 0 Å². The smallest absolute Gasteiger partial charge is 0.268 e. The minimum atomic E-state index is -0.553. The van der Waals surface area contributed by atoms with Crippen molar-refractivity contribution >= 4 is 39.0 Å². The van der Waals surface area contributed by atoms with Crippen molar-refractivity contribution < 1.29 is 9.59 Å². The lowest BCUT2D eigenvalue weighted by molar-refractivity contribution is -0.109. The summed E-state index contributed by atoms with van der Waals surface area (Å²) in [5.41, 5.74) is 2.33. The zero-order chi connectivity index (χ0) is 16.2. The van der Waals surface area contributed by atoms with Gasteiger partial charge >= 0.3 is 0 Å². The number of aromatic amines is 1. The lowest BCUT2D eigenvalue weighted by Gasteiger charge is -2.12. The fraction of sp³-hybridized carbons (Fsp3) is 0.111. The molecule has 4 nitrogen and oxygen atoms in total. The molecule has 0 saturated heterocycles. The van der Waals surface area contributed by atoms with Gasteiger partial charge in [-0.2, -0.15) is 0 Å². The molecule has 1 atom stereocenters. The van der Waals surface area contributed by atoms with E-state index in [0.717, 1.165) is 27.2 Å². The molecule has 1 heterocycles. The second-order valence-corrected chi connectivity index (χ2v) is 6.24. The highest BCUT2D eigenvalue weighted by atomic mass is 79.9. The molecular formula is C18H15BrN2O2. The van der Waals surface area contributed by atoms with Gasteiger partial charge in [0.2, 0.25) is 0 Å². The molecule has 1 amide bonds. The van der Waals surface area contributed by atoms with Crippen LogP contribution in [-0.4, -0.2) is 23.2 Å². The summed E-state index contributed by atoms with van der Waals surface area (Å²) in [6.45, 7) is 0. The number of hydrogen-bond acceptors (Lipinski definition) is 2. The Morgan fingerprint density at radius 3 is 2.70 bits per heavy atom. The summed E-state index contributed by atoms with van der Waals surface area (Å²) < 4.78 is 0.950. The number of benzene rings is 2. The molecule has 0 aliphatic heterocycles. The van der Waals surface area contributed by atoms with Crippen molar-refractivity contribution in [1.29, 1.82) is 0 Å². The number of aromatic nitrogens is 1. The summed E-state index contributed by atoms with van der Waals surface area (Å²) >= 11 is 3.41. The predicted octanol–water partition coefficient (Wildman–Crippen LogP) is 3.47. The molecule has 0 radical (unpaired) electrons. The van der Waals surface area contributed by atoms with Crippen molar-refractivity contribution in [2.75, 3.05) is 0 Å².